The van der Waals surface area contributed by atoms with Crippen molar-refractivity contribution in [3.8, 4) is 18.2 Å². The summed E-state index contributed by atoms with van der Waals surface area (Å²) in [5.74, 6) is -0.473. The average molecular weight is 313 g/mol. The Labute approximate surface area is 135 Å². The van der Waals surface area contributed by atoms with Gasteiger partial charge in [-0.15, -0.1) is 0 Å². The van der Waals surface area contributed by atoms with E-state index in [4.69, 9.17) is 15.2 Å². The van der Waals surface area contributed by atoms with Crippen molar-refractivity contribution in [2.24, 2.45) is 17.1 Å². The second-order valence-corrected chi connectivity index (χ2v) is 6.23. The van der Waals surface area contributed by atoms with Crippen molar-refractivity contribution in [1.29, 1.82) is 15.8 Å². The SMILES string of the molecule is N#CC1=C(N)O[C@@]2(N3CCOCC3)CCCC[C@H]2C1(C#N)C#N. The molecule has 2 atom stereocenters. The minimum atomic E-state index is -1.55. The largest absolute Gasteiger partial charge is 0.456 e. The molecule has 3 aliphatic rings. The molecule has 7 nitrogen and oxygen atoms in total. The molecule has 1 saturated carbocycles. The quantitative estimate of drug-likeness (QED) is 0.765. The molecule has 3 rings (SSSR count). The molecule has 0 aromatic rings. The van der Waals surface area contributed by atoms with Gasteiger partial charge in [-0.05, 0) is 12.8 Å². The van der Waals surface area contributed by atoms with Crippen LogP contribution in [-0.4, -0.2) is 36.9 Å². The first-order valence-corrected chi connectivity index (χ1v) is 7.89. The van der Waals surface area contributed by atoms with Gasteiger partial charge in [0.25, 0.3) is 0 Å². The van der Waals surface area contributed by atoms with Crippen LogP contribution in [0.2, 0.25) is 0 Å². The van der Waals surface area contributed by atoms with Gasteiger partial charge in [-0.3, -0.25) is 4.90 Å². The summed E-state index contributed by atoms with van der Waals surface area (Å²) in [5, 5.41) is 29.0. The minimum absolute atomic E-state index is 0.0433. The third-order valence-electron chi connectivity index (χ3n) is 5.28. The molecule has 0 unspecified atom stereocenters. The maximum Gasteiger partial charge on any atom is 0.203 e. The summed E-state index contributed by atoms with van der Waals surface area (Å²) in [4.78, 5) is 2.14. The zero-order valence-electron chi connectivity index (χ0n) is 12.9. The maximum atomic E-state index is 9.80. The molecular weight excluding hydrogens is 294 g/mol. The van der Waals surface area contributed by atoms with Gasteiger partial charge in [-0.2, -0.15) is 15.8 Å². The van der Waals surface area contributed by atoms with Crippen molar-refractivity contribution >= 4 is 0 Å². The van der Waals surface area contributed by atoms with Crippen molar-refractivity contribution < 1.29 is 9.47 Å². The highest BCUT2D eigenvalue weighted by Crippen LogP contribution is 2.55. The van der Waals surface area contributed by atoms with Crippen LogP contribution in [0.3, 0.4) is 0 Å². The smallest absolute Gasteiger partial charge is 0.203 e. The van der Waals surface area contributed by atoms with E-state index in [9.17, 15) is 15.8 Å². The summed E-state index contributed by atoms with van der Waals surface area (Å²) >= 11 is 0. The molecule has 7 heteroatoms. The topological polar surface area (TPSA) is 119 Å². The van der Waals surface area contributed by atoms with Gasteiger partial charge in [0.2, 0.25) is 5.88 Å². The van der Waals surface area contributed by atoms with Gasteiger partial charge in [-0.1, -0.05) is 6.42 Å². The number of nitrogens with two attached hydrogens (primary N) is 1. The second-order valence-electron chi connectivity index (χ2n) is 6.23. The molecule has 0 amide bonds. The summed E-state index contributed by atoms with van der Waals surface area (Å²) in [6.07, 6.45) is 3.21. The second kappa shape index (κ2) is 5.74. The van der Waals surface area contributed by atoms with E-state index in [1.54, 1.807) is 0 Å². The van der Waals surface area contributed by atoms with E-state index in [0.29, 0.717) is 39.1 Å². The number of fused-ring (bicyclic) bond motifs is 1. The first-order valence-electron chi connectivity index (χ1n) is 7.89. The Kier molecular flexibility index (Phi) is 3.90. The molecule has 2 N–H and O–H groups in total. The van der Waals surface area contributed by atoms with Gasteiger partial charge >= 0.3 is 0 Å². The first kappa shape index (κ1) is 15.6. The molecule has 2 aliphatic heterocycles. The molecule has 0 aromatic carbocycles. The maximum absolute atomic E-state index is 9.80. The van der Waals surface area contributed by atoms with Crippen molar-refractivity contribution in [1.82, 2.24) is 4.90 Å². The van der Waals surface area contributed by atoms with E-state index >= 15 is 0 Å². The van der Waals surface area contributed by atoms with Crippen molar-refractivity contribution in [3.63, 3.8) is 0 Å². The lowest BCUT2D eigenvalue weighted by molar-refractivity contribution is -0.223. The van der Waals surface area contributed by atoms with Crippen LogP contribution in [0.1, 0.15) is 25.7 Å². The fourth-order valence-electron chi connectivity index (χ4n) is 4.23. The van der Waals surface area contributed by atoms with Crippen LogP contribution in [0.5, 0.6) is 0 Å². The van der Waals surface area contributed by atoms with Gasteiger partial charge in [-0.25, -0.2) is 0 Å². The molecule has 1 aliphatic carbocycles. The van der Waals surface area contributed by atoms with Crippen LogP contribution in [-0.2, 0) is 9.47 Å². The Morgan fingerprint density at radius 1 is 1.13 bits per heavy atom. The molecule has 2 fully saturated rings. The van der Waals surface area contributed by atoms with Crippen molar-refractivity contribution in [2.45, 2.75) is 31.4 Å². The van der Waals surface area contributed by atoms with E-state index in [-0.39, 0.29) is 11.5 Å². The highest BCUT2D eigenvalue weighted by atomic mass is 16.5. The lowest BCUT2D eigenvalue weighted by Crippen LogP contribution is -2.66. The predicted molar refractivity (Wildman–Crippen MR) is 78.7 cm³/mol. The zero-order chi connectivity index (χ0) is 16.5. The summed E-state index contributed by atoms with van der Waals surface area (Å²) < 4.78 is 11.5. The monoisotopic (exact) mass is 313 g/mol. The molecule has 1 saturated heterocycles. The lowest BCUT2D eigenvalue weighted by atomic mass is 9.61. The standard InChI is InChI=1S/C16H19N5O2/c17-9-12-14(20)23-16(21-5-7-22-8-6-21)4-2-1-3-13(16)15(12,10-18)11-19/h13H,1-8,20H2/t13-,16-/m0/s1. The van der Waals surface area contributed by atoms with Gasteiger partial charge in [0.1, 0.15) is 11.6 Å². The molecule has 120 valence electrons. The van der Waals surface area contributed by atoms with Crippen molar-refractivity contribution in [3.05, 3.63) is 11.5 Å². The summed E-state index contributed by atoms with van der Waals surface area (Å²) in [7, 11) is 0. The number of nitrogens with zero attached hydrogens (tertiary/aromatic N) is 4. The van der Waals surface area contributed by atoms with E-state index < -0.39 is 17.1 Å². The number of morpholine rings is 1. The van der Waals surface area contributed by atoms with Gasteiger partial charge in [0, 0.05) is 19.5 Å². The fourth-order valence-corrected chi connectivity index (χ4v) is 4.23. The number of nitriles is 3. The molecule has 0 bridgehead atoms. The number of allylic oxidation sites excluding steroid dienone is 1. The van der Waals surface area contributed by atoms with Crippen LogP contribution < -0.4 is 5.73 Å². The summed E-state index contributed by atoms with van der Waals surface area (Å²) in [5.41, 5.74) is 3.61. The Morgan fingerprint density at radius 2 is 1.83 bits per heavy atom. The van der Waals surface area contributed by atoms with Gasteiger partial charge < -0.3 is 15.2 Å². The number of hydrogen-bond donors (Lipinski definition) is 1. The highest BCUT2D eigenvalue weighted by molar-refractivity contribution is 5.47. The average Bonchev–Trinajstić information content (AvgIpc) is 2.61. The van der Waals surface area contributed by atoms with Crippen LogP contribution in [0.15, 0.2) is 11.5 Å². The van der Waals surface area contributed by atoms with Crippen LogP contribution >= 0.6 is 0 Å². The van der Waals surface area contributed by atoms with Gasteiger partial charge in [0.15, 0.2) is 11.1 Å². The van der Waals surface area contributed by atoms with Crippen LogP contribution in [0.25, 0.3) is 0 Å². The molecule has 0 spiro atoms. The Bertz CT molecular complexity index is 633. The lowest BCUT2D eigenvalue weighted by Gasteiger charge is -2.56. The third kappa shape index (κ3) is 2.07. The van der Waals surface area contributed by atoms with E-state index in [1.165, 1.54) is 0 Å². The van der Waals surface area contributed by atoms with Gasteiger partial charge in [0.05, 0.1) is 31.3 Å². The van der Waals surface area contributed by atoms with E-state index in [0.717, 1.165) is 12.8 Å². The van der Waals surface area contributed by atoms with Crippen LogP contribution in [0.4, 0.5) is 0 Å². The summed E-state index contributed by atoms with van der Waals surface area (Å²) in [6, 6.07) is 6.15. The third-order valence-corrected chi connectivity index (χ3v) is 5.28. The van der Waals surface area contributed by atoms with Crippen LogP contribution in [0, 0.1) is 45.3 Å². The normalized spacial score (nSPS) is 33.5. The molecular formula is C16H19N5O2. The first-order chi connectivity index (χ1) is 11.1. The number of hydrogen-bond acceptors (Lipinski definition) is 7. The Balaban J connectivity index is 2.16. The van der Waals surface area contributed by atoms with E-state index in [2.05, 4.69) is 17.0 Å². The number of ether oxygens (including phenoxy) is 2. The predicted octanol–water partition coefficient (Wildman–Crippen LogP) is 0.963. The molecule has 0 radical (unpaired) electrons. The molecule has 2 heterocycles. The molecule has 0 aromatic heterocycles. The minimum Gasteiger partial charge on any atom is -0.456 e. The number of rotatable bonds is 1. The molecule has 23 heavy (non-hydrogen) atoms. The van der Waals surface area contributed by atoms with E-state index in [1.807, 2.05) is 6.07 Å². The fraction of sp³-hybridized carbons (Fsp3) is 0.688. The zero-order valence-corrected chi connectivity index (χ0v) is 12.9. The Hall–Kier alpha value is -2.27. The summed E-state index contributed by atoms with van der Waals surface area (Å²) in [6.45, 7) is 2.49. The highest BCUT2D eigenvalue weighted by Gasteiger charge is 2.63. The Morgan fingerprint density at radius 3 is 2.43 bits per heavy atom. The van der Waals surface area contributed by atoms with Crippen molar-refractivity contribution in [2.75, 3.05) is 26.3 Å².